The zero-order valence-electron chi connectivity index (χ0n) is 15.4. The van der Waals surface area contributed by atoms with E-state index in [0.717, 1.165) is 0 Å². The second kappa shape index (κ2) is 9.45. The Bertz CT molecular complexity index is 1020. The molecule has 0 aliphatic heterocycles. The lowest BCUT2D eigenvalue weighted by Gasteiger charge is -2.19. The van der Waals surface area contributed by atoms with Crippen LogP contribution in [-0.4, -0.2) is 19.0 Å². The third kappa shape index (κ3) is 5.08. The zero-order valence-corrected chi connectivity index (χ0v) is 16.9. The summed E-state index contributed by atoms with van der Waals surface area (Å²) in [4.78, 5) is 25.6. The highest BCUT2D eigenvalue weighted by molar-refractivity contribution is 6.43. The highest BCUT2D eigenvalue weighted by Gasteiger charge is 2.27. The molecule has 3 aromatic rings. The first kappa shape index (κ1) is 20.7. The summed E-state index contributed by atoms with van der Waals surface area (Å²) < 4.78 is 10.7. The van der Waals surface area contributed by atoms with Gasteiger partial charge in [-0.1, -0.05) is 65.7 Å². The van der Waals surface area contributed by atoms with Gasteiger partial charge >= 0.3 is 5.97 Å². The summed E-state index contributed by atoms with van der Waals surface area (Å²) in [6, 6.07) is 20.2. The molecule has 3 rings (SSSR count). The SMILES string of the molecule is COc1cccc(NC(=O)C(OC(=O)c2cccc(Cl)c2Cl)c2ccccc2)c1. The minimum absolute atomic E-state index is 0.0687. The first-order valence-electron chi connectivity index (χ1n) is 8.64. The maximum atomic E-state index is 12.9. The third-order valence-corrected chi connectivity index (χ3v) is 4.89. The fraction of sp³-hybridized carbons (Fsp3) is 0.0909. The molecule has 0 aromatic heterocycles. The number of benzene rings is 3. The van der Waals surface area contributed by atoms with Crippen LogP contribution < -0.4 is 10.1 Å². The number of nitrogens with one attached hydrogen (secondary N) is 1. The van der Waals surface area contributed by atoms with Gasteiger partial charge < -0.3 is 14.8 Å². The Balaban J connectivity index is 1.87. The van der Waals surface area contributed by atoms with Crippen molar-refractivity contribution in [3.63, 3.8) is 0 Å². The molecule has 1 unspecified atom stereocenters. The van der Waals surface area contributed by atoms with Gasteiger partial charge in [-0.2, -0.15) is 0 Å². The van der Waals surface area contributed by atoms with Crippen molar-refractivity contribution >= 4 is 40.8 Å². The van der Waals surface area contributed by atoms with E-state index in [4.69, 9.17) is 32.7 Å². The molecule has 1 N–H and O–H groups in total. The number of hydrogen-bond acceptors (Lipinski definition) is 4. The van der Waals surface area contributed by atoms with Crippen LogP contribution in [0.4, 0.5) is 5.69 Å². The molecule has 1 atom stereocenters. The number of carbonyl (C=O) groups excluding carboxylic acids is 2. The Hall–Kier alpha value is -3.02. The Labute approximate surface area is 178 Å². The van der Waals surface area contributed by atoms with Crippen molar-refractivity contribution in [1.29, 1.82) is 0 Å². The average molecular weight is 430 g/mol. The van der Waals surface area contributed by atoms with Crippen LogP contribution >= 0.6 is 23.2 Å². The predicted molar refractivity (Wildman–Crippen MR) is 113 cm³/mol. The molecule has 5 nitrogen and oxygen atoms in total. The van der Waals surface area contributed by atoms with Crippen LogP contribution in [-0.2, 0) is 9.53 Å². The summed E-state index contributed by atoms with van der Waals surface area (Å²) in [6.07, 6.45) is -1.19. The number of methoxy groups -OCH3 is 1. The molecule has 0 aliphatic carbocycles. The van der Waals surface area contributed by atoms with E-state index in [1.165, 1.54) is 13.2 Å². The van der Waals surface area contributed by atoms with Crippen LogP contribution in [0.3, 0.4) is 0 Å². The number of rotatable bonds is 6. The molecule has 7 heteroatoms. The van der Waals surface area contributed by atoms with E-state index in [0.29, 0.717) is 17.0 Å². The molecule has 29 heavy (non-hydrogen) atoms. The summed E-state index contributed by atoms with van der Waals surface area (Å²) in [5, 5.41) is 3.03. The van der Waals surface area contributed by atoms with Crippen molar-refractivity contribution in [2.45, 2.75) is 6.10 Å². The van der Waals surface area contributed by atoms with Crippen molar-refractivity contribution < 1.29 is 19.1 Å². The number of carbonyl (C=O) groups is 2. The number of esters is 1. The van der Waals surface area contributed by atoms with Crippen molar-refractivity contribution in [1.82, 2.24) is 0 Å². The quantitative estimate of drug-likeness (QED) is 0.522. The fourth-order valence-corrected chi connectivity index (χ4v) is 3.02. The second-order valence-corrected chi connectivity index (χ2v) is 6.80. The van der Waals surface area contributed by atoms with Crippen molar-refractivity contribution in [2.75, 3.05) is 12.4 Å². The van der Waals surface area contributed by atoms with Crippen LogP contribution in [0.25, 0.3) is 0 Å². The summed E-state index contributed by atoms with van der Waals surface area (Å²) in [7, 11) is 1.53. The number of halogens is 2. The highest BCUT2D eigenvalue weighted by atomic mass is 35.5. The number of anilines is 1. The molecule has 0 saturated heterocycles. The monoisotopic (exact) mass is 429 g/mol. The molecule has 0 bridgehead atoms. The van der Waals surface area contributed by atoms with E-state index in [9.17, 15) is 9.59 Å². The van der Waals surface area contributed by atoms with Gasteiger partial charge in [0.05, 0.1) is 22.7 Å². The normalized spacial score (nSPS) is 11.4. The summed E-state index contributed by atoms with van der Waals surface area (Å²) in [5.41, 5.74) is 1.10. The maximum absolute atomic E-state index is 12.9. The van der Waals surface area contributed by atoms with E-state index < -0.39 is 18.0 Å². The zero-order chi connectivity index (χ0) is 20.8. The molecule has 0 spiro atoms. The standard InChI is InChI=1S/C22H17Cl2NO4/c1-28-16-10-5-9-15(13-16)25-21(26)20(14-7-3-2-4-8-14)29-22(27)17-11-6-12-18(23)19(17)24/h2-13,20H,1H3,(H,25,26). The minimum atomic E-state index is -1.19. The van der Waals surface area contributed by atoms with Gasteiger partial charge in [-0.05, 0) is 24.3 Å². The van der Waals surface area contributed by atoms with E-state index in [1.54, 1.807) is 66.7 Å². The Morgan fingerprint density at radius 1 is 0.931 bits per heavy atom. The summed E-state index contributed by atoms with van der Waals surface area (Å²) in [6.45, 7) is 0. The highest BCUT2D eigenvalue weighted by Crippen LogP contribution is 2.29. The van der Waals surface area contributed by atoms with Gasteiger partial charge in [-0.25, -0.2) is 4.79 Å². The third-order valence-electron chi connectivity index (χ3n) is 4.07. The topological polar surface area (TPSA) is 64.6 Å². The van der Waals surface area contributed by atoms with E-state index in [1.807, 2.05) is 0 Å². The van der Waals surface area contributed by atoms with Crippen LogP contribution in [0.5, 0.6) is 5.75 Å². The van der Waals surface area contributed by atoms with Gasteiger partial charge in [0.2, 0.25) is 6.10 Å². The summed E-state index contributed by atoms with van der Waals surface area (Å²) >= 11 is 12.1. The lowest BCUT2D eigenvalue weighted by atomic mass is 10.1. The molecule has 0 radical (unpaired) electrons. The molecule has 0 fully saturated rings. The van der Waals surface area contributed by atoms with Crippen molar-refractivity contribution in [3.8, 4) is 5.75 Å². The number of hydrogen-bond donors (Lipinski definition) is 1. The second-order valence-electron chi connectivity index (χ2n) is 6.02. The van der Waals surface area contributed by atoms with Crippen LogP contribution in [0.2, 0.25) is 10.0 Å². The smallest absolute Gasteiger partial charge is 0.340 e. The Kier molecular flexibility index (Phi) is 6.75. The van der Waals surface area contributed by atoms with Crippen LogP contribution in [0, 0.1) is 0 Å². The lowest BCUT2D eigenvalue weighted by molar-refractivity contribution is -0.125. The fourth-order valence-electron chi connectivity index (χ4n) is 2.64. The summed E-state index contributed by atoms with van der Waals surface area (Å²) in [5.74, 6) is -0.690. The Morgan fingerprint density at radius 2 is 1.66 bits per heavy atom. The van der Waals surface area contributed by atoms with Gasteiger partial charge in [-0.15, -0.1) is 0 Å². The van der Waals surface area contributed by atoms with E-state index >= 15 is 0 Å². The Morgan fingerprint density at radius 3 is 2.38 bits per heavy atom. The van der Waals surface area contributed by atoms with E-state index in [-0.39, 0.29) is 15.6 Å². The molecule has 3 aromatic carbocycles. The van der Waals surface area contributed by atoms with Gasteiger partial charge in [0.25, 0.3) is 5.91 Å². The molecule has 0 aliphatic rings. The van der Waals surface area contributed by atoms with Crippen molar-refractivity contribution in [3.05, 3.63) is 94.0 Å². The number of amides is 1. The maximum Gasteiger partial charge on any atom is 0.340 e. The molecule has 1 amide bonds. The molecule has 0 heterocycles. The minimum Gasteiger partial charge on any atom is -0.497 e. The average Bonchev–Trinajstić information content (AvgIpc) is 2.74. The first-order valence-corrected chi connectivity index (χ1v) is 9.40. The van der Waals surface area contributed by atoms with Gasteiger partial charge in [0, 0.05) is 17.3 Å². The van der Waals surface area contributed by atoms with Gasteiger partial charge in [0.1, 0.15) is 5.75 Å². The molecule has 0 saturated carbocycles. The van der Waals surface area contributed by atoms with Gasteiger partial charge in [0.15, 0.2) is 0 Å². The van der Waals surface area contributed by atoms with Crippen LogP contribution in [0.15, 0.2) is 72.8 Å². The largest absolute Gasteiger partial charge is 0.497 e. The lowest BCUT2D eigenvalue weighted by Crippen LogP contribution is -2.26. The molecule has 148 valence electrons. The molecular weight excluding hydrogens is 413 g/mol. The van der Waals surface area contributed by atoms with Gasteiger partial charge in [-0.3, -0.25) is 4.79 Å². The van der Waals surface area contributed by atoms with E-state index in [2.05, 4.69) is 5.32 Å². The predicted octanol–water partition coefficient (Wildman–Crippen LogP) is 5.54. The van der Waals surface area contributed by atoms with Crippen LogP contribution in [0.1, 0.15) is 22.0 Å². The number of ether oxygens (including phenoxy) is 2. The molecular formula is C22H17Cl2NO4. The van der Waals surface area contributed by atoms with Crippen molar-refractivity contribution in [2.24, 2.45) is 0 Å². The first-order chi connectivity index (χ1) is 14.0.